The summed E-state index contributed by atoms with van der Waals surface area (Å²) >= 11 is 2.50. The van der Waals surface area contributed by atoms with Gasteiger partial charge < -0.3 is 0 Å². The minimum atomic E-state index is -0.128. The second kappa shape index (κ2) is 15.0. The van der Waals surface area contributed by atoms with Gasteiger partial charge in [-0.05, 0) is 29.0 Å². The van der Waals surface area contributed by atoms with Gasteiger partial charge in [0.25, 0.3) is 0 Å². The van der Waals surface area contributed by atoms with Gasteiger partial charge in [0.1, 0.15) is 0 Å². The van der Waals surface area contributed by atoms with E-state index in [-0.39, 0.29) is 10.8 Å². The van der Waals surface area contributed by atoms with E-state index < -0.39 is 0 Å². The van der Waals surface area contributed by atoms with Crippen molar-refractivity contribution in [2.45, 2.75) is 85.0 Å². The molecular weight excluding hydrogens is 928 g/mol. The molecule has 5 aromatic carbocycles. The number of imidazole rings is 1. The average molecular weight is 978 g/mol. The van der Waals surface area contributed by atoms with Gasteiger partial charge in [0.15, 0.2) is 0 Å². The molecule has 5 nitrogen and oxygen atoms in total. The Bertz CT molecular complexity index is 3200. The minimum Gasteiger partial charge on any atom is -0.0579 e. The molecule has 0 spiro atoms. The smallest absolute Gasteiger partial charge is 0.0579 e. The maximum absolute atomic E-state index is 6.82. The molecule has 0 N–H and O–H groups in total. The van der Waals surface area contributed by atoms with Crippen molar-refractivity contribution in [1.29, 1.82) is 0 Å². The number of aromatic nitrogens is 4. The van der Waals surface area contributed by atoms with E-state index in [1.807, 2.05) is 12.3 Å². The van der Waals surface area contributed by atoms with Crippen LogP contribution in [-0.4, -0.2) is 18.5 Å². The van der Waals surface area contributed by atoms with Crippen molar-refractivity contribution in [3.63, 3.8) is 0 Å². The predicted octanol–water partition coefficient (Wildman–Crippen LogP) is 13.1. The van der Waals surface area contributed by atoms with Gasteiger partial charge in [-0.2, -0.15) is 0 Å². The molecule has 13 rings (SSSR count). The zero-order chi connectivity index (χ0) is 42.2. The normalized spacial score (nSPS) is 13.3. The molecule has 0 unspecified atom stereocenters. The molecule has 0 fully saturated rings. The summed E-state index contributed by atoms with van der Waals surface area (Å²) in [6.07, 6.45) is 8.25. The zero-order valence-electron chi connectivity index (χ0n) is 36.0. The third-order valence-electron chi connectivity index (χ3n) is 12.4. The number of rotatable bonds is 5. The van der Waals surface area contributed by atoms with Crippen LogP contribution in [0.15, 0.2) is 128 Å². The third-order valence-corrected chi connectivity index (χ3v) is 13.5. The van der Waals surface area contributed by atoms with Gasteiger partial charge in [0, 0.05) is 11.8 Å². The Morgan fingerprint density at radius 1 is 0.656 bits per heavy atom. The molecule has 6 heteroatoms. The third kappa shape index (κ3) is 7.31. The first-order chi connectivity index (χ1) is 29.3. The fourth-order valence-corrected chi connectivity index (χ4v) is 9.84. The van der Waals surface area contributed by atoms with E-state index in [2.05, 4.69) is 209 Å². The fraction of sp³-hybridized carbons (Fsp3) is 0.236. The summed E-state index contributed by atoms with van der Waals surface area (Å²) in [5.74, 6) is 2.13. The molecule has 2 aliphatic carbocycles. The van der Waals surface area contributed by atoms with Crippen LogP contribution in [0.3, 0.4) is 0 Å². The van der Waals surface area contributed by atoms with Crippen molar-refractivity contribution < 1.29 is 24.1 Å². The number of ether oxygens (including phenoxy) is 1. The van der Waals surface area contributed by atoms with E-state index in [9.17, 15) is 0 Å². The van der Waals surface area contributed by atoms with Crippen molar-refractivity contribution in [2.24, 2.45) is 0 Å². The first kappa shape index (κ1) is 39.4. The number of para-hydroxylation sites is 1. The molecule has 6 heterocycles. The average Bonchev–Trinajstić information content (AvgIpc) is 3.76. The van der Waals surface area contributed by atoms with E-state index in [0.29, 0.717) is 11.5 Å². The standard InChI is InChI=1S/C55H50N4O.Pt/c1-36-28-53(56-33-49(36)39-19-22-41(23-20-39)54(2,3)4)59-50-11-9-8-10-47(50)48-27-26-45(32-51(48)59)60-46-30-42(55(5,6)7)29-44(31-46)57-34-52-40-18-16-37-12-14-38(15-13-37)17-24-43(25-21-40)58(52)35-57;/h8-15,19-23,25-30,33-34H,16-18,24H2,1-7H3;/q-2;. The van der Waals surface area contributed by atoms with Crippen LogP contribution in [0.2, 0.25) is 0 Å². The van der Waals surface area contributed by atoms with Gasteiger partial charge in [-0.15, -0.1) is 0 Å². The predicted molar refractivity (Wildman–Crippen MR) is 245 cm³/mol. The molecular formula is C55H50N4OPt-2. The Labute approximate surface area is 369 Å². The molecule has 9 aromatic rings. The van der Waals surface area contributed by atoms with Gasteiger partial charge in [0.2, 0.25) is 0 Å². The van der Waals surface area contributed by atoms with Crippen LogP contribution in [0, 0.1) is 22.9 Å². The number of benzene rings is 5. The zero-order valence-corrected chi connectivity index (χ0v) is 38.2. The van der Waals surface area contributed by atoms with Gasteiger partial charge in [0.05, 0.1) is 0 Å². The molecule has 4 bridgehead atoms. The summed E-state index contributed by atoms with van der Waals surface area (Å²) in [5, 5.41) is 2.25. The molecule has 4 aromatic heterocycles. The molecule has 0 atom stereocenters. The van der Waals surface area contributed by atoms with E-state index >= 15 is 0 Å². The van der Waals surface area contributed by atoms with Crippen molar-refractivity contribution in [3.05, 3.63) is 183 Å². The van der Waals surface area contributed by atoms with Gasteiger partial charge in [-0.3, -0.25) is 0 Å². The molecule has 308 valence electrons. The fourth-order valence-electron chi connectivity index (χ4n) is 8.82. The first-order valence-corrected chi connectivity index (χ1v) is 22.5. The number of nitrogens with zero attached hydrogens (tertiary/aromatic N) is 4. The minimum absolute atomic E-state index is 0.101. The van der Waals surface area contributed by atoms with Gasteiger partial charge >= 0.3 is 274 Å². The van der Waals surface area contributed by atoms with Crippen molar-refractivity contribution in [3.8, 4) is 34.1 Å². The molecule has 61 heavy (non-hydrogen) atoms. The topological polar surface area (TPSA) is 36.4 Å². The van der Waals surface area contributed by atoms with E-state index in [1.165, 1.54) is 44.6 Å². The van der Waals surface area contributed by atoms with Crippen LogP contribution in [0.25, 0.3) is 50.0 Å². The Kier molecular flexibility index (Phi) is 9.68. The number of hydrogen-bond acceptors (Lipinski definition) is 2. The summed E-state index contributed by atoms with van der Waals surface area (Å²) < 4.78 is 14.9. The summed E-state index contributed by atoms with van der Waals surface area (Å²) in [5.41, 5.74) is 15.5. The Hall–Kier alpha value is -5.77. The molecule has 0 saturated carbocycles. The maximum atomic E-state index is 6.82. The van der Waals surface area contributed by atoms with Crippen molar-refractivity contribution >= 4 is 27.3 Å². The summed E-state index contributed by atoms with van der Waals surface area (Å²) in [6, 6.07) is 49.4. The van der Waals surface area contributed by atoms with Crippen molar-refractivity contribution in [2.75, 3.05) is 0 Å². The molecule has 0 saturated heterocycles. The summed E-state index contributed by atoms with van der Waals surface area (Å²) in [6.45, 7) is 15.7. The quantitative estimate of drug-likeness (QED) is 0.161. The van der Waals surface area contributed by atoms with Crippen LogP contribution < -0.4 is 4.74 Å². The number of pyridine rings is 2. The molecule has 2 aliphatic heterocycles. The van der Waals surface area contributed by atoms with E-state index in [0.717, 1.165) is 73.9 Å². The number of hydrogen-bond donors (Lipinski definition) is 0. The SMILES string of the molecule is Cc1cc(-n2c3[c-]c(Oc4[c-]c(-n5cc6c7ccc(n6[c]5=[Pt])CCc5ccc(cc5)CC7)cc(C(C)(C)C)c4)ccc3c3ccccc32)ncc1-c1ccc(C(C)(C)C)cc1. The van der Waals surface area contributed by atoms with Gasteiger partial charge in [-0.1, -0.05) is 57.2 Å². The molecule has 4 aliphatic rings. The van der Waals surface area contributed by atoms with Crippen LogP contribution in [-0.2, 0) is 55.9 Å². The monoisotopic (exact) mass is 977 g/mol. The summed E-state index contributed by atoms with van der Waals surface area (Å²) in [4.78, 5) is 5.09. The van der Waals surface area contributed by atoms with Crippen LogP contribution in [0.4, 0.5) is 0 Å². The van der Waals surface area contributed by atoms with Crippen molar-refractivity contribution in [1.82, 2.24) is 18.5 Å². The van der Waals surface area contributed by atoms with E-state index in [4.69, 9.17) is 9.72 Å². The second-order valence-corrected chi connectivity index (χ2v) is 19.7. The van der Waals surface area contributed by atoms with Crippen LogP contribution in [0.1, 0.15) is 80.6 Å². The Balaban J connectivity index is 1.05. The first-order valence-electron chi connectivity index (χ1n) is 21.4. The number of fused-ring (bicyclic) bond motifs is 3. The Morgan fingerprint density at radius 3 is 2.10 bits per heavy atom. The second-order valence-electron chi connectivity index (χ2n) is 18.7. The molecule has 0 amide bonds. The van der Waals surface area contributed by atoms with Crippen LogP contribution in [0.5, 0.6) is 11.5 Å². The Morgan fingerprint density at radius 2 is 1.38 bits per heavy atom. The summed E-state index contributed by atoms with van der Waals surface area (Å²) in [7, 11) is 0. The number of aryl methyl sites for hydroxylation is 5. The van der Waals surface area contributed by atoms with Gasteiger partial charge in [-0.25, -0.2) is 0 Å². The van der Waals surface area contributed by atoms with E-state index in [1.54, 1.807) is 0 Å². The molecule has 0 radical (unpaired) electrons. The van der Waals surface area contributed by atoms with Crippen LogP contribution >= 0.6 is 0 Å².